The van der Waals surface area contributed by atoms with E-state index in [0.29, 0.717) is 6.61 Å². The molecule has 0 aliphatic carbocycles. The lowest BCUT2D eigenvalue weighted by Crippen LogP contribution is -2.44. The van der Waals surface area contributed by atoms with Crippen LogP contribution in [0, 0.1) is 0 Å². The SMILES string of the molecule is COCCNC(=S)N1CCn2cnnc2C1. The fourth-order valence-electron chi connectivity index (χ4n) is 1.61. The van der Waals surface area contributed by atoms with E-state index < -0.39 is 0 Å². The molecule has 0 saturated heterocycles. The van der Waals surface area contributed by atoms with Gasteiger partial charge in [-0.05, 0) is 12.2 Å². The summed E-state index contributed by atoms with van der Waals surface area (Å²) in [6.45, 7) is 3.89. The predicted molar refractivity (Wildman–Crippen MR) is 62.9 cm³/mol. The first kappa shape index (κ1) is 11.3. The molecule has 0 fully saturated rings. The maximum atomic E-state index is 5.29. The number of rotatable bonds is 3. The summed E-state index contributed by atoms with van der Waals surface area (Å²) < 4.78 is 7.01. The molecule has 1 aliphatic rings. The van der Waals surface area contributed by atoms with E-state index in [0.717, 1.165) is 37.1 Å². The maximum absolute atomic E-state index is 5.29. The fourth-order valence-corrected chi connectivity index (χ4v) is 1.87. The van der Waals surface area contributed by atoms with Crippen molar-refractivity contribution in [2.75, 3.05) is 26.8 Å². The van der Waals surface area contributed by atoms with Gasteiger partial charge in [-0.3, -0.25) is 0 Å². The highest BCUT2D eigenvalue weighted by Crippen LogP contribution is 2.08. The standard InChI is InChI=1S/C9H15N5OS/c1-15-5-2-10-9(16)13-3-4-14-7-11-12-8(14)6-13/h7H,2-6H2,1H3,(H,10,16). The first-order chi connectivity index (χ1) is 7.81. The summed E-state index contributed by atoms with van der Waals surface area (Å²) in [7, 11) is 1.67. The van der Waals surface area contributed by atoms with Crippen LogP contribution < -0.4 is 5.32 Å². The Morgan fingerprint density at radius 3 is 3.31 bits per heavy atom. The second kappa shape index (κ2) is 5.22. The Labute approximate surface area is 99.6 Å². The molecule has 0 atom stereocenters. The minimum atomic E-state index is 0.657. The van der Waals surface area contributed by atoms with E-state index >= 15 is 0 Å². The first-order valence-electron chi connectivity index (χ1n) is 5.19. The van der Waals surface area contributed by atoms with E-state index in [9.17, 15) is 0 Å². The second-order valence-electron chi connectivity index (χ2n) is 3.59. The third kappa shape index (κ3) is 2.48. The third-order valence-electron chi connectivity index (χ3n) is 2.51. The Balaban J connectivity index is 1.86. The van der Waals surface area contributed by atoms with Gasteiger partial charge in [-0.1, -0.05) is 0 Å². The summed E-state index contributed by atoms with van der Waals surface area (Å²) in [6.07, 6.45) is 1.76. The molecule has 2 heterocycles. The normalized spacial score (nSPS) is 14.7. The van der Waals surface area contributed by atoms with Crippen LogP contribution in [-0.2, 0) is 17.8 Å². The second-order valence-corrected chi connectivity index (χ2v) is 3.97. The molecule has 16 heavy (non-hydrogen) atoms. The summed E-state index contributed by atoms with van der Waals surface area (Å²) in [5, 5.41) is 11.8. The molecule has 0 spiro atoms. The van der Waals surface area contributed by atoms with E-state index in [2.05, 4.69) is 20.4 Å². The van der Waals surface area contributed by atoms with Crippen LogP contribution in [0.1, 0.15) is 5.82 Å². The van der Waals surface area contributed by atoms with Crippen LogP contribution in [0.2, 0.25) is 0 Å². The van der Waals surface area contributed by atoms with Gasteiger partial charge in [0, 0.05) is 26.7 Å². The number of ether oxygens (including phenoxy) is 1. The Morgan fingerprint density at radius 2 is 2.50 bits per heavy atom. The number of nitrogens with zero attached hydrogens (tertiary/aromatic N) is 4. The van der Waals surface area contributed by atoms with E-state index in [1.165, 1.54) is 0 Å². The quantitative estimate of drug-likeness (QED) is 0.575. The highest BCUT2D eigenvalue weighted by atomic mass is 32.1. The topological polar surface area (TPSA) is 55.2 Å². The number of hydrogen-bond donors (Lipinski definition) is 1. The van der Waals surface area contributed by atoms with Gasteiger partial charge in [0.15, 0.2) is 10.9 Å². The molecule has 1 aromatic rings. The largest absolute Gasteiger partial charge is 0.383 e. The van der Waals surface area contributed by atoms with Crippen LogP contribution in [0.5, 0.6) is 0 Å². The zero-order valence-electron chi connectivity index (χ0n) is 9.22. The van der Waals surface area contributed by atoms with E-state index in [4.69, 9.17) is 17.0 Å². The molecule has 0 aromatic carbocycles. The Kier molecular flexibility index (Phi) is 3.68. The molecule has 1 aliphatic heterocycles. The van der Waals surface area contributed by atoms with E-state index in [1.54, 1.807) is 13.4 Å². The van der Waals surface area contributed by atoms with Gasteiger partial charge in [0.2, 0.25) is 0 Å². The highest BCUT2D eigenvalue weighted by molar-refractivity contribution is 7.80. The molecular formula is C9H15N5OS. The van der Waals surface area contributed by atoms with Gasteiger partial charge in [0.1, 0.15) is 6.33 Å². The maximum Gasteiger partial charge on any atom is 0.169 e. The minimum Gasteiger partial charge on any atom is -0.383 e. The van der Waals surface area contributed by atoms with Gasteiger partial charge in [-0.25, -0.2) is 0 Å². The minimum absolute atomic E-state index is 0.657. The van der Waals surface area contributed by atoms with Crippen molar-refractivity contribution >= 4 is 17.3 Å². The van der Waals surface area contributed by atoms with Crippen LogP contribution in [0.25, 0.3) is 0 Å². The average Bonchev–Trinajstić information content (AvgIpc) is 2.76. The predicted octanol–water partition coefficient (Wildman–Crippen LogP) is -0.385. The molecule has 1 aromatic heterocycles. The summed E-state index contributed by atoms with van der Waals surface area (Å²) in [5.74, 6) is 0.960. The van der Waals surface area contributed by atoms with Crippen LogP contribution in [0.4, 0.5) is 0 Å². The monoisotopic (exact) mass is 241 g/mol. The zero-order chi connectivity index (χ0) is 11.4. The van der Waals surface area contributed by atoms with Crippen molar-refractivity contribution in [3.8, 4) is 0 Å². The lowest BCUT2D eigenvalue weighted by Gasteiger charge is -2.29. The van der Waals surface area contributed by atoms with Crippen LogP contribution in [-0.4, -0.2) is 51.6 Å². The van der Waals surface area contributed by atoms with Gasteiger partial charge in [-0.2, -0.15) is 0 Å². The van der Waals surface area contributed by atoms with Crippen molar-refractivity contribution < 1.29 is 4.74 Å². The van der Waals surface area contributed by atoms with Gasteiger partial charge in [-0.15, -0.1) is 10.2 Å². The number of hydrogen-bond acceptors (Lipinski definition) is 4. The summed E-state index contributed by atoms with van der Waals surface area (Å²) in [5.41, 5.74) is 0. The van der Waals surface area contributed by atoms with Crippen LogP contribution in [0.15, 0.2) is 6.33 Å². The van der Waals surface area contributed by atoms with Crippen LogP contribution in [0.3, 0.4) is 0 Å². The molecule has 0 saturated carbocycles. The molecule has 88 valence electrons. The van der Waals surface area contributed by atoms with Gasteiger partial charge < -0.3 is 19.5 Å². The number of fused-ring (bicyclic) bond motifs is 1. The molecule has 7 heteroatoms. The lowest BCUT2D eigenvalue weighted by molar-refractivity contribution is 0.202. The molecular weight excluding hydrogens is 226 g/mol. The van der Waals surface area contributed by atoms with E-state index in [-0.39, 0.29) is 0 Å². The van der Waals surface area contributed by atoms with Crippen molar-refractivity contribution in [1.29, 1.82) is 0 Å². The molecule has 0 amide bonds. The van der Waals surface area contributed by atoms with Crippen molar-refractivity contribution in [2.24, 2.45) is 0 Å². The summed E-state index contributed by atoms with van der Waals surface area (Å²) >= 11 is 5.29. The van der Waals surface area contributed by atoms with E-state index in [1.807, 2.05) is 4.57 Å². The first-order valence-corrected chi connectivity index (χ1v) is 5.60. The summed E-state index contributed by atoms with van der Waals surface area (Å²) in [4.78, 5) is 2.09. The third-order valence-corrected chi connectivity index (χ3v) is 2.91. The molecule has 2 rings (SSSR count). The summed E-state index contributed by atoms with van der Waals surface area (Å²) in [6, 6.07) is 0. The van der Waals surface area contributed by atoms with Crippen molar-refractivity contribution in [3.05, 3.63) is 12.2 Å². The average molecular weight is 241 g/mol. The van der Waals surface area contributed by atoms with Gasteiger partial charge >= 0.3 is 0 Å². The smallest absolute Gasteiger partial charge is 0.169 e. The van der Waals surface area contributed by atoms with Crippen LogP contribution >= 0.6 is 12.2 Å². The van der Waals surface area contributed by atoms with Crippen molar-refractivity contribution in [3.63, 3.8) is 0 Å². The highest BCUT2D eigenvalue weighted by Gasteiger charge is 2.18. The molecule has 0 radical (unpaired) electrons. The van der Waals surface area contributed by atoms with Gasteiger partial charge in [0.05, 0.1) is 13.2 Å². The fraction of sp³-hybridized carbons (Fsp3) is 0.667. The van der Waals surface area contributed by atoms with Crippen molar-refractivity contribution in [1.82, 2.24) is 25.0 Å². The Hall–Kier alpha value is -1.21. The van der Waals surface area contributed by atoms with Crippen molar-refractivity contribution in [2.45, 2.75) is 13.1 Å². The number of thiocarbonyl (C=S) groups is 1. The number of aromatic nitrogens is 3. The Morgan fingerprint density at radius 1 is 1.62 bits per heavy atom. The van der Waals surface area contributed by atoms with Gasteiger partial charge in [0.25, 0.3) is 0 Å². The Bertz CT molecular complexity index is 367. The molecule has 0 unspecified atom stereocenters. The zero-order valence-corrected chi connectivity index (χ0v) is 10.0. The molecule has 0 bridgehead atoms. The number of methoxy groups -OCH3 is 1. The lowest BCUT2D eigenvalue weighted by atomic mass is 10.4. The molecule has 1 N–H and O–H groups in total. The molecule has 6 nitrogen and oxygen atoms in total. The number of nitrogens with one attached hydrogen (secondary N) is 1.